The molecular formula is C66H80N4O18P2Si. The number of nitrogens with one attached hydrogen (secondary N) is 4. The van der Waals surface area contributed by atoms with Crippen LogP contribution in [0.1, 0.15) is 54.2 Å². The summed E-state index contributed by atoms with van der Waals surface area (Å²) in [5, 5.41) is 11.8. The third-order valence-corrected chi connectivity index (χ3v) is 19.8. The van der Waals surface area contributed by atoms with Crippen molar-refractivity contribution in [1.29, 1.82) is 0 Å². The van der Waals surface area contributed by atoms with E-state index >= 15 is 0 Å². The molecule has 25 heteroatoms. The standard InChI is InChI=1S/C66H80N4O18P2Si/c1-66(2,3)88-65(77)70-57(61(73)81-5)41-47-25-33-53(34-26-47)89(78,82-6)51-29-21-45(22-30-51)39-55(68-63(75)85-43-49-17-13-11-14-18-49)59(71)67-56(60(72)80-4)40-46-23-31-52(32-24-46)90(79,83-7)54-35-27-48(28-36-54)42-58(62(74)84-37-38-87-91(8,9)10)69-64(76)86-44-50-19-15-12-16-20-50/h11-36,55-58H,37-44H2,1-10H3,(H,67,71)(H,68,75)(H,69,76)(H,70,77)/t55-,56-,57-,58-,89?,90?/m0/s1. The van der Waals surface area contributed by atoms with Gasteiger partial charge >= 0.3 is 36.2 Å². The molecule has 0 aromatic heterocycles. The number of hydrogen-bond donors (Lipinski definition) is 4. The van der Waals surface area contributed by atoms with Crippen LogP contribution in [0.2, 0.25) is 19.6 Å². The maximum absolute atomic E-state index is 14.7. The highest BCUT2D eigenvalue weighted by Gasteiger charge is 2.33. The van der Waals surface area contributed by atoms with Gasteiger partial charge in [-0.3, -0.25) is 13.9 Å². The van der Waals surface area contributed by atoms with E-state index in [1.807, 2.05) is 43.9 Å². The zero-order chi connectivity index (χ0) is 66.4. The fraction of sp³-hybridized carbons (Fsp3) is 0.348. The molecule has 0 aliphatic heterocycles. The van der Waals surface area contributed by atoms with Crippen molar-refractivity contribution in [3.8, 4) is 0 Å². The average Bonchev–Trinajstić information content (AvgIpc) is 0.872. The number of ether oxygens (including phenoxy) is 6. The van der Waals surface area contributed by atoms with Gasteiger partial charge in [0, 0.05) is 61.1 Å². The van der Waals surface area contributed by atoms with Gasteiger partial charge in [-0.15, -0.1) is 0 Å². The van der Waals surface area contributed by atoms with Crippen LogP contribution in [0.15, 0.2) is 158 Å². The van der Waals surface area contributed by atoms with E-state index in [4.69, 9.17) is 41.9 Å². The second-order valence-electron chi connectivity index (χ2n) is 22.9. The number of amides is 4. The molecule has 0 aliphatic carbocycles. The van der Waals surface area contributed by atoms with E-state index in [0.29, 0.717) is 49.0 Å². The lowest BCUT2D eigenvalue weighted by atomic mass is 10.0. The maximum atomic E-state index is 14.7. The second kappa shape index (κ2) is 33.6. The highest BCUT2D eigenvalue weighted by Crippen LogP contribution is 2.45. The predicted molar refractivity (Wildman–Crippen MR) is 345 cm³/mol. The Labute approximate surface area is 531 Å². The molecule has 22 nitrogen and oxygen atoms in total. The molecule has 4 N–H and O–H groups in total. The molecule has 2 unspecified atom stereocenters. The Balaban J connectivity index is 1.16. The van der Waals surface area contributed by atoms with Crippen LogP contribution in [-0.2, 0) is 109 Å². The molecule has 6 aromatic carbocycles. The number of rotatable bonds is 30. The molecule has 0 radical (unpaired) electrons. The number of esters is 3. The van der Waals surface area contributed by atoms with Crippen LogP contribution in [-0.4, -0.2) is 122 Å². The fourth-order valence-corrected chi connectivity index (χ4v) is 13.5. The highest BCUT2D eigenvalue weighted by atomic mass is 31.2. The molecule has 6 atom stereocenters. The smallest absolute Gasteiger partial charge is 0.408 e. The van der Waals surface area contributed by atoms with Gasteiger partial charge in [0.05, 0.1) is 20.8 Å². The molecule has 0 saturated carbocycles. The first kappa shape index (κ1) is 71.6. The van der Waals surface area contributed by atoms with Crippen LogP contribution in [0.5, 0.6) is 0 Å². The van der Waals surface area contributed by atoms with Gasteiger partial charge in [-0.2, -0.15) is 0 Å². The van der Waals surface area contributed by atoms with E-state index < -0.39 is 94.9 Å². The molecule has 486 valence electrons. The van der Waals surface area contributed by atoms with Crippen LogP contribution in [0.3, 0.4) is 0 Å². The van der Waals surface area contributed by atoms with E-state index in [2.05, 4.69) is 21.3 Å². The van der Waals surface area contributed by atoms with Gasteiger partial charge < -0.3 is 63.2 Å². The molecule has 0 fully saturated rings. The first-order valence-electron chi connectivity index (χ1n) is 29.1. The third kappa shape index (κ3) is 22.2. The largest absolute Gasteiger partial charge is 0.467 e. The van der Waals surface area contributed by atoms with Crippen molar-refractivity contribution < 1.29 is 84.6 Å². The molecule has 0 spiro atoms. The Morgan fingerprint density at radius 2 is 0.736 bits per heavy atom. The normalized spacial score (nSPS) is 14.0. The van der Waals surface area contributed by atoms with Gasteiger partial charge in [-0.1, -0.05) is 109 Å². The number of carbonyl (C=O) groups excluding carboxylic acids is 7. The van der Waals surface area contributed by atoms with Gasteiger partial charge in [0.15, 0.2) is 8.32 Å². The number of hydrogen-bond acceptors (Lipinski definition) is 18. The summed E-state index contributed by atoms with van der Waals surface area (Å²) in [6.45, 7) is 11.2. The van der Waals surface area contributed by atoms with Crippen LogP contribution >= 0.6 is 14.7 Å². The fourth-order valence-electron chi connectivity index (χ4n) is 9.18. The Morgan fingerprint density at radius 1 is 0.407 bits per heavy atom. The van der Waals surface area contributed by atoms with E-state index in [1.54, 1.807) is 154 Å². The minimum atomic E-state index is -3.76. The number of carbonyl (C=O) groups is 7. The van der Waals surface area contributed by atoms with E-state index in [0.717, 1.165) is 12.7 Å². The van der Waals surface area contributed by atoms with Crippen LogP contribution in [0.4, 0.5) is 14.4 Å². The van der Waals surface area contributed by atoms with Crippen molar-refractivity contribution in [3.05, 3.63) is 191 Å². The first-order chi connectivity index (χ1) is 43.2. The summed E-state index contributed by atoms with van der Waals surface area (Å²) in [5.41, 5.74) is 2.88. The van der Waals surface area contributed by atoms with Crippen LogP contribution in [0.25, 0.3) is 0 Å². The Kier molecular flexibility index (Phi) is 26.4. The average molecular weight is 1310 g/mol. The summed E-state index contributed by atoms with van der Waals surface area (Å²) in [5.74, 6) is -2.96. The van der Waals surface area contributed by atoms with Crippen molar-refractivity contribution in [2.24, 2.45) is 0 Å². The number of alkyl carbamates (subject to hydrolysis) is 3. The van der Waals surface area contributed by atoms with Crippen molar-refractivity contribution >= 4 is 86.4 Å². The third-order valence-electron chi connectivity index (χ3n) is 13.8. The topological polar surface area (TPSA) is 285 Å². The van der Waals surface area contributed by atoms with Gasteiger partial charge in [-0.05, 0) is 122 Å². The summed E-state index contributed by atoms with van der Waals surface area (Å²) in [4.78, 5) is 92.8. The molecule has 0 heterocycles. The summed E-state index contributed by atoms with van der Waals surface area (Å²) in [7, 11) is -4.40. The van der Waals surface area contributed by atoms with Crippen molar-refractivity contribution in [2.45, 2.75) is 109 Å². The number of methoxy groups -OCH3 is 2. The van der Waals surface area contributed by atoms with E-state index in [1.165, 1.54) is 21.3 Å². The van der Waals surface area contributed by atoms with Gasteiger partial charge in [0.2, 0.25) is 5.91 Å². The van der Waals surface area contributed by atoms with Gasteiger partial charge in [0.25, 0.3) is 14.7 Å². The van der Waals surface area contributed by atoms with Crippen molar-refractivity contribution in [2.75, 3.05) is 41.7 Å². The summed E-state index contributed by atoms with van der Waals surface area (Å²) in [6, 6.07) is 39.0. The predicted octanol–water partition coefficient (Wildman–Crippen LogP) is 8.02. The van der Waals surface area contributed by atoms with E-state index in [9.17, 15) is 42.7 Å². The second-order valence-corrected chi connectivity index (χ2v) is 32.4. The van der Waals surface area contributed by atoms with Crippen LogP contribution in [0, 0.1) is 0 Å². The Hall–Kier alpha value is -8.43. The quantitative estimate of drug-likeness (QED) is 0.0109. The molecule has 0 bridgehead atoms. The SMILES string of the molecule is COC(=O)[C@H](Cc1ccc(P(=O)(OC)c2ccc(C[C@H](NC(=O)OCc3ccccc3)C(=O)N[C@@H](Cc3ccc(P(=O)(OC)c4ccc(C[C@H](NC(=O)OCc5ccccc5)C(=O)OCCO[Si](C)(C)C)cc4)cc3)C(=O)OC)cc2)cc1)NC(=O)OC(C)(C)C. The minimum Gasteiger partial charge on any atom is -0.467 e. The lowest BCUT2D eigenvalue weighted by Crippen LogP contribution is -2.53. The molecule has 0 saturated heterocycles. The maximum Gasteiger partial charge on any atom is 0.408 e. The molecule has 6 rings (SSSR count). The monoisotopic (exact) mass is 1310 g/mol. The Bertz CT molecular complexity index is 3500. The minimum absolute atomic E-state index is 0.00265. The zero-order valence-electron chi connectivity index (χ0n) is 52.7. The molecule has 0 aliphatic rings. The summed E-state index contributed by atoms with van der Waals surface area (Å²) >= 11 is 0. The van der Waals surface area contributed by atoms with Crippen LogP contribution < -0.4 is 42.5 Å². The highest BCUT2D eigenvalue weighted by molar-refractivity contribution is 7.74. The number of benzene rings is 6. The van der Waals surface area contributed by atoms with Crippen molar-refractivity contribution in [3.63, 3.8) is 0 Å². The molecule has 91 heavy (non-hydrogen) atoms. The summed E-state index contributed by atoms with van der Waals surface area (Å²) in [6.07, 6.45) is -2.74. The first-order valence-corrected chi connectivity index (χ1v) is 35.8. The zero-order valence-corrected chi connectivity index (χ0v) is 55.5. The van der Waals surface area contributed by atoms with Crippen molar-refractivity contribution in [1.82, 2.24) is 21.3 Å². The Morgan fingerprint density at radius 3 is 1.08 bits per heavy atom. The van der Waals surface area contributed by atoms with E-state index in [-0.39, 0.29) is 52.1 Å². The molecular weight excluding hydrogens is 1230 g/mol. The lowest BCUT2D eigenvalue weighted by molar-refractivity contribution is -0.147. The summed E-state index contributed by atoms with van der Waals surface area (Å²) < 4.78 is 78.3. The van der Waals surface area contributed by atoms with Gasteiger partial charge in [0.1, 0.15) is 49.6 Å². The molecule has 4 amide bonds. The van der Waals surface area contributed by atoms with Gasteiger partial charge in [-0.25, -0.2) is 28.8 Å². The lowest BCUT2D eigenvalue weighted by Gasteiger charge is -2.23. The molecule has 6 aromatic rings.